The molecule has 134 valence electrons. The highest BCUT2D eigenvalue weighted by atomic mass is 16.5. The first kappa shape index (κ1) is 17.7. The lowest BCUT2D eigenvalue weighted by Crippen LogP contribution is -2.02. The molecule has 0 aliphatic carbocycles. The van der Waals surface area contributed by atoms with Gasteiger partial charge in [-0.3, -0.25) is 4.79 Å². The Labute approximate surface area is 152 Å². The van der Waals surface area contributed by atoms with E-state index in [1.807, 2.05) is 36.7 Å². The molecular formula is C21H22N2O3. The number of carbonyl (C=O) groups excluding carboxylic acids is 1. The molecule has 0 aliphatic rings. The average molecular weight is 350 g/mol. The van der Waals surface area contributed by atoms with Crippen LogP contribution in [-0.4, -0.2) is 27.6 Å². The summed E-state index contributed by atoms with van der Waals surface area (Å²) in [5, 5.41) is 9.60. The standard InChI is InChI=1S/C21H22N2O3/c1-14-5-4-6-17-21(14)22-20(23(17)2)12-10-16(24)9-7-15-8-11-18(25)19(13-15)26-3/h4-9,11,13,25H,10,12H2,1-3H3/b9-7+. The fourth-order valence-corrected chi connectivity index (χ4v) is 2.93. The largest absolute Gasteiger partial charge is 0.504 e. The summed E-state index contributed by atoms with van der Waals surface area (Å²) in [6.45, 7) is 2.04. The van der Waals surface area contributed by atoms with Crippen molar-refractivity contribution < 1.29 is 14.6 Å². The smallest absolute Gasteiger partial charge is 0.161 e. The highest BCUT2D eigenvalue weighted by Gasteiger charge is 2.10. The van der Waals surface area contributed by atoms with Gasteiger partial charge in [-0.2, -0.15) is 0 Å². The highest BCUT2D eigenvalue weighted by Crippen LogP contribution is 2.26. The van der Waals surface area contributed by atoms with E-state index < -0.39 is 0 Å². The van der Waals surface area contributed by atoms with Crippen LogP contribution in [0.2, 0.25) is 0 Å². The quantitative estimate of drug-likeness (QED) is 0.687. The van der Waals surface area contributed by atoms with Gasteiger partial charge in [-0.25, -0.2) is 4.98 Å². The van der Waals surface area contributed by atoms with Crippen LogP contribution in [-0.2, 0) is 18.3 Å². The van der Waals surface area contributed by atoms with Crippen LogP contribution in [0.1, 0.15) is 23.4 Å². The number of aryl methyl sites for hydroxylation is 3. The molecule has 3 rings (SSSR count). The van der Waals surface area contributed by atoms with Gasteiger partial charge < -0.3 is 14.4 Å². The maximum Gasteiger partial charge on any atom is 0.161 e. The van der Waals surface area contributed by atoms with Crippen LogP contribution >= 0.6 is 0 Å². The number of ketones is 1. The number of nitrogens with zero attached hydrogens (tertiary/aromatic N) is 2. The van der Waals surface area contributed by atoms with Crippen molar-refractivity contribution in [2.45, 2.75) is 19.8 Å². The SMILES string of the molecule is COc1cc(/C=C/C(=O)CCc2nc3c(C)cccc3n2C)ccc1O. The van der Waals surface area contributed by atoms with E-state index in [-0.39, 0.29) is 11.5 Å². The first-order valence-electron chi connectivity index (χ1n) is 8.48. The second kappa shape index (κ2) is 7.44. The zero-order valence-electron chi connectivity index (χ0n) is 15.2. The number of benzene rings is 2. The first-order chi connectivity index (χ1) is 12.5. The number of rotatable bonds is 6. The third kappa shape index (κ3) is 3.61. The van der Waals surface area contributed by atoms with Crippen molar-refractivity contribution in [2.24, 2.45) is 7.05 Å². The number of methoxy groups -OCH3 is 1. The fraction of sp³-hybridized carbons (Fsp3) is 0.238. The predicted octanol–water partition coefficient (Wildman–Crippen LogP) is 3.81. The lowest BCUT2D eigenvalue weighted by atomic mass is 10.1. The molecule has 0 saturated heterocycles. The van der Waals surface area contributed by atoms with E-state index >= 15 is 0 Å². The number of para-hydroxylation sites is 1. The Morgan fingerprint density at radius 3 is 2.85 bits per heavy atom. The van der Waals surface area contributed by atoms with Crippen LogP contribution in [0.3, 0.4) is 0 Å². The number of hydrogen-bond donors (Lipinski definition) is 1. The van der Waals surface area contributed by atoms with Gasteiger partial charge in [0.05, 0.1) is 18.1 Å². The number of fused-ring (bicyclic) bond motifs is 1. The summed E-state index contributed by atoms with van der Waals surface area (Å²) in [5.41, 5.74) is 4.01. The monoisotopic (exact) mass is 350 g/mol. The van der Waals surface area contributed by atoms with Crippen molar-refractivity contribution >= 4 is 22.9 Å². The summed E-state index contributed by atoms with van der Waals surface area (Å²) in [7, 11) is 3.47. The number of imidazole rings is 1. The Kier molecular flexibility index (Phi) is 5.07. The summed E-state index contributed by atoms with van der Waals surface area (Å²) < 4.78 is 7.12. The van der Waals surface area contributed by atoms with E-state index in [2.05, 4.69) is 4.98 Å². The van der Waals surface area contributed by atoms with Gasteiger partial charge in [0.15, 0.2) is 17.3 Å². The fourth-order valence-electron chi connectivity index (χ4n) is 2.93. The van der Waals surface area contributed by atoms with Crippen molar-refractivity contribution in [3.8, 4) is 11.5 Å². The molecule has 5 heteroatoms. The van der Waals surface area contributed by atoms with Gasteiger partial charge in [0, 0.05) is 19.9 Å². The van der Waals surface area contributed by atoms with Crippen LogP contribution in [0.4, 0.5) is 0 Å². The predicted molar refractivity (Wildman–Crippen MR) is 102 cm³/mol. The maximum atomic E-state index is 12.2. The molecule has 0 spiro atoms. The van der Waals surface area contributed by atoms with Gasteiger partial charge in [0.25, 0.3) is 0 Å². The lowest BCUT2D eigenvalue weighted by molar-refractivity contribution is -0.114. The Morgan fingerprint density at radius 2 is 2.12 bits per heavy atom. The number of carbonyl (C=O) groups is 1. The van der Waals surface area contributed by atoms with E-state index in [1.54, 1.807) is 30.4 Å². The van der Waals surface area contributed by atoms with E-state index in [9.17, 15) is 9.90 Å². The van der Waals surface area contributed by atoms with Crippen molar-refractivity contribution in [1.82, 2.24) is 9.55 Å². The minimum Gasteiger partial charge on any atom is -0.504 e. The van der Waals surface area contributed by atoms with Gasteiger partial charge >= 0.3 is 0 Å². The van der Waals surface area contributed by atoms with Gasteiger partial charge in [-0.15, -0.1) is 0 Å². The number of allylic oxidation sites excluding steroid dienone is 1. The molecule has 0 amide bonds. The molecule has 0 saturated carbocycles. The third-order valence-corrected chi connectivity index (χ3v) is 4.47. The molecule has 3 aromatic rings. The van der Waals surface area contributed by atoms with E-state index in [1.165, 1.54) is 7.11 Å². The molecule has 26 heavy (non-hydrogen) atoms. The summed E-state index contributed by atoms with van der Waals surface area (Å²) in [6.07, 6.45) is 4.26. The molecule has 0 radical (unpaired) electrons. The van der Waals surface area contributed by atoms with E-state index in [4.69, 9.17) is 4.74 Å². The maximum absolute atomic E-state index is 12.2. The van der Waals surface area contributed by atoms with E-state index in [0.29, 0.717) is 18.6 Å². The van der Waals surface area contributed by atoms with Gasteiger partial charge in [0.1, 0.15) is 5.82 Å². The molecular weight excluding hydrogens is 328 g/mol. The van der Waals surface area contributed by atoms with Crippen molar-refractivity contribution in [1.29, 1.82) is 0 Å². The Morgan fingerprint density at radius 1 is 1.31 bits per heavy atom. The number of hydrogen-bond acceptors (Lipinski definition) is 4. The Balaban J connectivity index is 1.68. The number of ether oxygens (including phenoxy) is 1. The van der Waals surface area contributed by atoms with Crippen LogP contribution in [0.25, 0.3) is 17.1 Å². The molecule has 2 aromatic carbocycles. The molecule has 1 N–H and O–H groups in total. The molecule has 1 heterocycles. The number of aromatic hydroxyl groups is 1. The first-order valence-corrected chi connectivity index (χ1v) is 8.48. The number of phenols is 1. The van der Waals surface area contributed by atoms with Crippen molar-refractivity contribution in [3.05, 3.63) is 59.4 Å². The summed E-state index contributed by atoms with van der Waals surface area (Å²) in [4.78, 5) is 16.9. The van der Waals surface area contributed by atoms with Crippen molar-refractivity contribution in [2.75, 3.05) is 7.11 Å². The number of phenolic OH excluding ortho intramolecular Hbond substituents is 1. The van der Waals surface area contributed by atoms with Gasteiger partial charge in [0.2, 0.25) is 0 Å². The molecule has 1 aromatic heterocycles. The average Bonchev–Trinajstić information content (AvgIpc) is 2.97. The van der Waals surface area contributed by atoms with Crippen molar-refractivity contribution in [3.63, 3.8) is 0 Å². The number of aromatic nitrogens is 2. The topological polar surface area (TPSA) is 64.3 Å². The zero-order chi connectivity index (χ0) is 18.7. The second-order valence-electron chi connectivity index (χ2n) is 6.26. The summed E-state index contributed by atoms with van der Waals surface area (Å²) >= 11 is 0. The zero-order valence-corrected chi connectivity index (χ0v) is 15.2. The minimum atomic E-state index is 0.0285. The Bertz CT molecular complexity index is 986. The van der Waals surface area contributed by atoms with Crippen LogP contribution < -0.4 is 4.74 Å². The minimum absolute atomic E-state index is 0.0285. The van der Waals surface area contributed by atoms with E-state index in [0.717, 1.165) is 28.0 Å². The third-order valence-electron chi connectivity index (χ3n) is 4.47. The summed E-state index contributed by atoms with van der Waals surface area (Å²) in [6, 6.07) is 11.1. The normalized spacial score (nSPS) is 11.3. The molecule has 0 fully saturated rings. The molecule has 5 nitrogen and oxygen atoms in total. The van der Waals surface area contributed by atoms with Crippen LogP contribution in [0.15, 0.2) is 42.5 Å². The van der Waals surface area contributed by atoms with Gasteiger partial charge in [-0.05, 0) is 42.3 Å². The van der Waals surface area contributed by atoms with Crippen LogP contribution in [0, 0.1) is 6.92 Å². The molecule has 0 aliphatic heterocycles. The highest BCUT2D eigenvalue weighted by molar-refractivity contribution is 5.93. The van der Waals surface area contributed by atoms with Gasteiger partial charge in [-0.1, -0.05) is 24.3 Å². The molecule has 0 unspecified atom stereocenters. The Hall–Kier alpha value is -3.08. The van der Waals surface area contributed by atoms with Crippen LogP contribution in [0.5, 0.6) is 11.5 Å². The second-order valence-corrected chi connectivity index (χ2v) is 6.26. The molecule has 0 atom stereocenters. The lowest BCUT2D eigenvalue weighted by Gasteiger charge is -2.03. The molecule has 0 bridgehead atoms. The summed E-state index contributed by atoms with van der Waals surface area (Å²) in [5.74, 6) is 1.39.